The molecule has 0 saturated carbocycles. The molecule has 0 fully saturated rings. The third kappa shape index (κ3) is 2.21. The zero-order valence-corrected chi connectivity index (χ0v) is 11.2. The number of ether oxygens (including phenoxy) is 1. The Morgan fingerprint density at radius 2 is 2.30 bits per heavy atom. The summed E-state index contributed by atoms with van der Waals surface area (Å²) < 4.78 is 10.6. The van der Waals surface area contributed by atoms with E-state index in [-0.39, 0.29) is 11.3 Å². The summed E-state index contributed by atoms with van der Waals surface area (Å²) in [7, 11) is 1.41. The van der Waals surface area contributed by atoms with Crippen LogP contribution in [0.2, 0.25) is 0 Å². The van der Waals surface area contributed by atoms with Crippen molar-refractivity contribution in [3.05, 3.63) is 34.9 Å². The van der Waals surface area contributed by atoms with Crippen LogP contribution in [0.25, 0.3) is 11.1 Å². The van der Waals surface area contributed by atoms with Crippen LogP contribution >= 0.6 is 11.8 Å². The summed E-state index contributed by atoms with van der Waals surface area (Å²) in [5.41, 5.74) is 7.18. The molecule has 0 saturated heterocycles. The topological polar surface area (TPSA) is 107 Å². The first-order valence-corrected chi connectivity index (χ1v) is 6.44. The molecule has 0 aliphatic heterocycles. The van der Waals surface area contributed by atoms with Gasteiger partial charge in [0.15, 0.2) is 10.6 Å². The molecule has 0 spiro atoms. The number of aromatic amines is 1. The van der Waals surface area contributed by atoms with Gasteiger partial charge in [-0.15, -0.1) is 0 Å². The summed E-state index contributed by atoms with van der Waals surface area (Å²) in [6.07, 6.45) is 1.30. The molecule has 0 aliphatic rings. The first kappa shape index (κ1) is 12.5. The number of aromatic nitrogens is 3. The summed E-state index contributed by atoms with van der Waals surface area (Å²) in [4.78, 5) is 22.4. The molecule has 3 rings (SSSR count). The Morgan fingerprint density at radius 3 is 3.10 bits per heavy atom. The number of rotatable bonds is 3. The van der Waals surface area contributed by atoms with Crippen molar-refractivity contribution in [3.63, 3.8) is 0 Å². The minimum atomic E-state index is -0.356. The highest BCUT2D eigenvalue weighted by atomic mass is 32.2. The van der Waals surface area contributed by atoms with Crippen LogP contribution in [-0.2, 0) is 0 Å². The second-order valence-electron chi connectivity index (χ2n) is 3.88. The van der Waals surface area contributed by atoms with Crippen molar-refractivity contribution in [3.8, 4) is 5.75 Å². The normalized spacial score (nSPS) is 10.8. The van der Waals surface area contributed by atoms with Crippen molar-refractivity contribution in [2.45, 2.75) is 10.2 Å². The quantitative estimate of drug-likeness (QED) is 0.558. The molecule has 0 aliphatic carbocycles. The summed E-state index contributed by atoms with van der Waals surface area (Å²) in [5, 5.41) is 0.748. The minimum Gasteiger partial charge on any atom is -0.489 e. The molecule has 0 radical (unpaired) electrons. The van der Waals surface area contributed by atoms with Crippen molar-refractivity contribution in [2.24, 2.45) is 0 Å². The zero-order chi connectivity index (χ0) is 14.1. The largest absolute Gasteiger partial charge is 0.489 e. The number of oxazole rings is 1. The predicted molar refractivity (Wildman–Crippen MR) is 74.0 cm³/mol. The lowest BCUT2D eigenvalue weighted by molar-refractivity contribution is 0.392. The average Bonchev–Trinajstić information content (AvgIpc) is 2.80. The summed E-state index contributed by atoms with van der Waals surface area (Å²) in [6, 6.07) is 5.20. The molecule has 3 aromatic rings. The minimum absolute atomic E-state index is 0.124. The monoisotopic (exact) mass is 290 g/mol. The lowest BCUT2D eigenvalue weighted by Crippen LogP contribution is -2.10. The number of nitrogens with two attached hydrogens (primary N) is 1. The van der Waals surface area contributed by atoms with Gasteiger partial charge >= 0.3 is 0 Å². The van der Waals surface area contributed by atoms with Gasteiger partial charge in [0.25, 0.3) is 10.8 Å². The van der Waals surface area contributed by atoms with Gasteiger partial charge in [0.2, 0.25) is 5.75 Å². The maximum Gasteiger partial charge on any atom is 0.294 e. The van der Waals surface area contributed by atoms with Crippen LogP contribution in [0.5, 0.6) is 5.75 Å². The van der Waals surface area contributed by atoms with Gasteiger partial charge in [-0.3, -0.25) is 4.79 Å². The zero-order valence-electron chi connectivity index (χ0n) is 10.4. The van der Waals surface area contributed by atoms with E-state index in [1.54, 1.807) is 18.2 Å². The van der Waals surface area contributed by atoms with Crippen LogP contribution in [0.4, 0.5) is 5.69 Å². The summed E-state index contributed by atoms with van der Waals surface area (Å²) >= 11 is 1.11. The van der Waals surface area contributed by atoms with E-state index in [0.29, 0.717) is 27.0 Å². The molecule has 3 N–H and O–H groups in total. The second kappa shape index (κ2) is 4.89. The first-order valence-electron chi connectivity index (χ1n) is 5.63. The number of H-pyrrole nitrogens is 1. The van der Waals surface area contributed by atoms with E-state index in [2.05, 4.69) is 15.0 Å². The van der Waals surface area contributed by atoms with E-state index in [1.165, 1.54) is 13.4 Å². The molecule has 8 heteroatoms. The van der Waals surface area contributed by atoms with Gasteiger partial charge < -0.3 is 19.9 Å². The van der Waals surface area contributed by atoms with Gasteiger partial charge in [0.05, 0.1) is 13.4 Å². The predicted octanol–water partition coefficient (Wildman–Crippen LogP) is 1.65. The van der Waals surface area contributed by atoms with Crippen LogP contribution in [-0.4, -0.2) is 22.1 Å². The molecule has 102 valence electrons. The van der Waals surface area contributed by atoms with Gasteiger partial charge in [-0.1, -0.05) is 0 Å². The Labute approximate surface area is 117 Å². The molecule has 0 unspecified atom stereocenters. The van der Waals surface area contributed by atoms with Crippen molar-refractivity contribution in [1.29, 1.82) is 0 Å². The molecule has 0 bridgehead atoms. The van der Waals surface area contributed by atoms with Crippen molar-refractivity contribution in [1.82, 2.24) is 15.0 Å². The number of fused-ring (bicyclic) bond motifs is 1. The van der Waals surface area contributed by atoms with E-state index in [1.807, 2.05) is 0 Å². The van der Waals surface area contributed by atoms with Crippen LogP contribution in [0.15, 0.2) is 44.0 Å². The smallest absolute Gasteiger partial charge is 0.294 e. The SMILES string of the molecule is COc1c(Sc2nc3ccc(N)cc3o2)nc[nH]c1=O. The molecule has 0 amide bonds. The molecule has 0 atom stereocenters. The molecular formula is C12H10N4O3S. The Bertz CT molecular complexity index is 827. The van der Waals surface area contributed by atoms with E-state index in [9.17, 15) is 4.79 Å². The van der Waals surface area contributed by atoms with Crippen molar-refractivity contribution >= 4 is 28.5 Å². The number of nitrogen functional groups attached to an aromatic ring is 1. The van der Waals surface area contributed by atoms with Gasteiger partial charge in [0, 0.05) is 11.8 Å². The van der Waals surface area contributed by atoms with Crippen LogP contribution in [0.1, 0.15) is 0 Å². The molecule has 1 aromatic carbocycles. The first-order chi connectivity index (χ1) is 9.67. The van der Waals surface area contributed by atoms with E-state index in [0.717, 1.165) is 11.8 Å². The third-order valence-corrected chi connectivity index (χ3v) is 3.39. The van der Waals surface area contributed by atoms with Crippen LogP contribution in [0.3, 0.4) is 0 Å². The molecule has 7 nitrogen and oxygen atoms in total. The van der Waals surface area contributed by atoms with E-state index < -0.39 is 0 Å². The Kier molecular flexibility index (Phi) is 3.07. The molecule has 2 heterocycles. The van der Waals surface area contributed by atoms with Gasteiger partial charge in [-0.2, -0.15) is 0 Å². The number of hydrogen-bond donors (Lipinski definition) is 2. The Balaban J connectivity index is 2.01. The standard InChI is InChI=1S/C12H10N4O3S/c1-18-9-10(17)14-5-15-11(9)20-12-16-7-3-2-6(13)4-8(7)19-12/h2-5H,13H2,1H3,(H,14,15,17). The van der Waals surface area contributed by atoms with Gasteiger partial charge in [-0.25, -0.2) is 9.97 Å². The van der Waals surface area contributed by atoms with E-state index >= 15 is 0 Å². The van der Waals surface area contributed by atoms with Gasteiger partial charge in [0.1, 0.15) is 5.52 Å². The lowest BCUT2D eigenvalue weighted by atomic mass is 10.3. The number of anilines is 1. The fourth-order valence-corrected chi connectivity index (χ4v) is 2.48. The number of benzene rings is 1. The van der Waals surface area contributed by atoms with E-state index in [4.69, 9.17) is 14.9 Å². The highest BCUT2D eigenvalue weighted by Gasteiger charge is 2.14. The summed E-state index contributed by atoms with van der Waals surface area (Å²) in [6.45, 7) is 0. The maximum atomic E-state index is 11.6. The average molecular weight is 290 g/mol. The van der Waals surface area contributed by atoms with Crippen molar-refractivity contribution < 1.29 is 9.15 Å². The Hall–Kier alpha value is -2.48. The number of nitrogens with one attached hydrogen (secondary N) is 1. The number of methoxy groups -OCH3 is 1. The maximum absolute atomic E-state index is 11.6. The fraction of sp³-hybridized carbons (Fsp3) is 0.0833. The Morgan fingerprint density at radius 1 is 1.45 bits per heavy atom. The summed E-state index contributed by atoms with van der Waals surface area (Å²) in [5.74, 6) is 0.124. The number of nitrogens with zero attached hydrogens (tertiary/aromatic N) is 2. The highest BCUT2D eigenvalue weighted by molar-refractivity contribution is 7.99. The van der Waals surface area contributed by atoms with Gasteiger partial charge in [-0.05, 0) is 23.9 Å². The molecular weight excluding hydrogens is 280 g/mol. The highest BCUT2D eigenvalue weighted by Crippen LogP contribution is 2.32. The second-order valence-corrected chi connectivity index (χ2v) is 4.82. The third-order valence-electron chi connectivity index (χ3n) is 2.56. The fourth-order valence-electron chi connectivity index (χ4n) is 1.67. The molecule has 20 heavy (non-hydrogen) atoms. The lowest BCUT2D eigenvalue weighted by Gasteiger charge is -2.02. The number of hydrogen-bond acceptors (Lipinski definition) is 7. The van der Waals surface area contributed by atoms with Crippen molar-refractivity contribution in [2.75, 3.05) is 12.8 Å². The molecule has 2 aromatic heterocycles. The van der Waals surface area contributed by atoms with Crippen LogP contribution in [0, 0.1) is 0 Å². The van der Waals surface area contributed by atoms with Crippen LogP contribution < -0.4 is 16.0 Å².